The molecule has 0 aliphatic carbocycles. The molecule has 1 fully saturated rings. The summed E-state index contributed by atoms with van der Waals surface area (Å²) in [5.74, 6) is 0.393. The molecule has 0 radical (unpaired) electrons. The van der Waals surface area contributed by atoms with Crippen LogP contribution in [0.1, 0.15) is 32.6 Å². The van der Waals surface area contributed by atoms with E-state index in [1.165, 1.54) is 0 Å². The van der Waals surface area contributed by atoms with Crippen molar-refractivity contribution in [3.8, 4) is 0 Å². The maximum atomic E-state index is 11.8. The number of alkyl halides is 1. The Bertz CT molecular complexity index is 154. The van der Waals surface area contributed by atoms with Crippen molar-refractivity contribution in [1.29, 1.82) is 0 Å². The van der Waals surface area contributed by atoms with Crippen LogP contribution in [0.2, 0.25) is 0 Å². The van der Waals surface area contributed by atoms with Crippen LogP contribution < -0.4 is 0 Å². The average Bonchev–Trinajstić information content (AvgIpc) is 2.18. The summed E-state index contributed by atoms with van der Waals surface area (Å²) in [7, 11) is 0. The van der Waals surface area contributed by atoms with E-state index in [1.807, 2.05) is 0 Å². The quantitative estimate of drug-likeness (QED) is 0.689. The van der Waals surface area contributed by atoms with Gasteiger partial charge in [0, 0.05) is 13.1 Å². The molecule has 1 N–H and O–H groups in total. The van der Waals surface area contributed by atoms with Gasteiger partial charge in [-0.25, -0.2) is 0 Å². The molecule has 3 heteroatoms. The summed E-state index contributed by atoms with van der Waals surface area (Å²) in [5.41, 5.74) is 0. The lowest BCUT2D eigenvalue weighted by Gasteiger charge is -2.34. The molecule has 1 heterocycles. The van der Waals surface area contributed by atoms with E-state index >= 15 is 0 Å². The molecule has 2 atom stereocenters. The van der Waals surface area contributed by atoms with Crippen LogP contribution in [0, 0.1) is 5.92 Å². The van der Waals surface area contributed by atoms with E-state index in [0.717, 1.165) is 38.9 Å². The number of unbranched alkanes of at least 4 members (excludes halogenated alkanes) is 2. The fourth-order valence-corrected chi connectivity index (χ4v) is 2.03. The monoisotopic (exact) mass is 203 g/mol. The third-order valence-corrected chi connectivity index (χ3v) is 3.05. The number of piperidine rings is 1. The van der Waals surface area contributed by atoms with Gasteiger partial charge in [-0.1, -0.05) is 6.92 Å². The number of likely N-dealkylation sites (tertiary alicyclic amines) is 1. The number of rotatable bonds is 5. The van der Waals surface area contributed by atoms with Crippen LogP contribution in [-0.4, -0.2) is 42.4 Å². The first-order chi connectivity index (χ1) is 6.74. The standard InChI is InChI=1S/C11H22FNO/c1-10-9-13(8-5-11(10)14)7-4-2-3-6-12/h10-11,14H,2-9H2,1H3/t10-,11+/m1/s1. The Morgan fingerprint density at radius 3 is 2.79 bits per heavy atom. The Morgan fingerprint density at radius 1 is 1.36 bits per heavy atom. The maximum absolute atomic E-state index is 11.8. The number of hydrogen-bond donors (Lipinski definition) is 1. The minimum atomic E-state index is -0.185. The van der Waals surface area contributed by atoms with Crippen molar-refractivity contribution in [2.45, 2.75) is 38.7 Å². The summed E-state index contributed by atoms with van der Waals surface area (Å²) in [6, 6.07) is 0. The zero-order valence-electron chi connectivity index (χ0n) is 9.08. The molecule has 0 aromatic carbocycles. The third-order valence-electron chi connectivity index (χ3n) is 3.05. The molecule has 1 rings (SSSR count). The van der Waals surface area contributed by atoms with Gasteiger partial charge in [-0.3, -0.25) is 4.39 Å². The van der Waals surface area contributed by atoms with Gasteiger partial charge in [0.1, 0.15) is 0 Å². The smallest absolute Gasteiger partial charge is 0.0894 e. The highest BCUT2D eigenvalue weighted by molar-refractivity contribution is 4.76. The second-order valence-electron chi connectivity index (χ2n) is 4.38. The predicted octanol–water partition coefficient (Wildman–Crippen LogP) is 1.83. The lowest BCUT2D eigenvalue weighted by atomic mass is 9.96. The van der Waals surface area contributed by atoms with Gasteiger partial charge >= 0.3 is 0 Å². The van der Waals surface area contributed by atoms with Crippen molar-refractivity contribution in [3.05, 3.63) is 0 Å². The molecule has 0 spiro atoms. The van der Waals surface area contributed by atoms with E-state index in [-0.39, 0.29) is 12.8 Å². The summed E-state index contributed by atoms with van der Waals surface area (Å²) in [5, 5.41) is 9.53. The molecule has 0 aromatic rings. The molecule has 0 unspecified atom stereocenters. The summed E-state index contributed by atoms with van der Waals surface area (Å²) in [6.45, 7) is 4.97. The van der Waals surface area contributed by atoms with Gasteiger partial charge in [0.05, 0.1) is 12.8 Å². The molecule has 84 valence electrons. The van der Waals surface area contributed by atoms with Gasteiger partial charge < -0.3 is 10.0 Å². The van der Waals surface area contributed by atoms with Crippen LogP contribution in [0.15, 0.2) is 0 Å². The first-order valence-corrected chi connectivity index (χ1v) is 5.70. The van der Waals surface area contributed by atoms with Crippen LogP contribution in [0.25, 0.3) is 0 Å². The van der Waals surface area contributed by atoms with Gasteiger partial charge in [-0.2, -0.15) is 0 Å². The van der Waals surface area contributed by atoms with E-state index in [0.29, 0.717) is 12.3 Å². The van der Waals surface area contributed by atoms with E-state index in [9.17, 15) is 9.50 Å². The second-order valence-corrected chi connectivity index (χ2v) is 4.38. The first-order valence-electron chi connectivity index (χ1n) is 5.70. The van der Waals surface area contributed by atoms with Crippen LogP contribution in [-0.2, 0) is 0 Å². The summed E-state index contributed by atoms with van der Waals surface area (Å²) < 4.78 is 11.8. The van der Waals surface area contributed by atoms with Crippen LogP contribution >= 0.6 is 0 Å². The van der Waals surface area contributed by atoms with Crippen molar-refractivity contribution in [2.24, 2.45) is 5.92 Å². The first kappa shape index (κ1) is 11.9. The Kier molecular flexibility index (Phi) is 5.41. The van der Waals surface area contributed by atoms with Crippen molar-refractivity contribution in [3.63, 3.8) is 0 Å². The van der Waals surface area contributed by atoms with Crippen molar-refractivity contribution >= 4 is 0 Å². The fraction of sp³-hybridized carbons (Fsp3) is 1.00. The maximum Gasteiger partial charge on any atom is 0.0894 e. The molecule has 0 saturated carbocycles. The molecule has 1 saturated heterocycles. The highest BCUT2D eigenvalue weighted by atomic mass is 19.1. The predicted molar refractivity (Wildman–Crippen MR) is 56.1 cm³/mol. The van der Waals surface area contributed by atoms with Crippen LogP contribution in [0.4, 0.5) is 4.39 Å². The minimum Gasteiger partial charge on any atom is -0.393 e. The van der Waals surface area contributed by atoms with Gasteiger partial charge in [0.15, 0.2) is 0 Å². The average molecular weight is 203 g/mol. The lowest BCUT2D eigenvalue weighted by molar-refractivity contribution is 0.0345. The van der Waals surface area contributed by atoms with Gasteiger partial charge in [0.25, 0.3) is 0 Å². The molecule has 0 aromatic heterocycles. The summed E-state index contributed by atoms with van der Waals surface area (Å²) in [4.78, 5) is 2.38. The topological polar surface area (TPSA) is 23.5 Å². The van der Waals surface area contributed by atoms with Gasteiger partial charge in [-0.05, 0) is 38.1 Å². The highest BCUT2D eigenvalue weighted by Gasteiger charge is 2.23. The van der Waals surface area contributed by atoms with Crippen LogP contribution in [0.3, 0.4) is 0 Å². The number of aliphatic hydroxyl groups is 1. The number of hydrogen-bond acceptors (Lipinski definition) is 2. The summed E-state index contributed by atoms with van der Waals surface area (Å²) >= 11 is 0. The second kappa shape index (κ2) is 6.36. The minimum absolute atomic E-state index is 0.114. The van der Waals surface area contributed by atoms with Crippen molar-refractivity contribution < 1.29 is 9.50 Å². The van der Waals surface area contributed by atoms with E-state index in [4.69, 9.17) is 0 Å². The molecule has 1 aliphatic heterocycles. The van der Waals surface area contributed by atoms with Crippen molar-refractivity contribution in [2.75, 3.05) is 26.3 Å². The fourth-order valence-electron chi connectivity index (χ4n) is 2.03. The molecule has 0 bridgehead atoms. The van der Waals surface area contributed by atoms with E-state index in [1.54, 1.807) is 0 Å². The molecule has 14 heavy (non-hydrogen) atoms. The summed E-state index contributed by atoms with van der Waals surface area (Å²) in [6.07, 6.45) is 3.56. The molecular formula is C11H22FNO. The van der Waals surface area contributed by atoms with Gasteiger partial charge in [0.2, 0.25) is 0 Å². The lowest BCUT2D eigenvalue weighted by Crippen LogP contribution is -2.42. The van der Waals surface area contributed by atoms with Crippen LogP contribution in [0.5, 0.6) is 0 Å². The van der Waals surface area contributed by atoms with Crippen molar-refractivity contribution in [1.82, 2.24) is 4.90 Å². The molecular weight excluding hydrogens is 181 g/mol. The number of aliphatic hydroxyl groups excluding tert-OH is 1. The Balaban J connectivity index is 2.07. The molecule has 0 amide bonds. The molecule has 1 aliphatic rings. The number of halogens is 1. The highest BCUT2D eigenvalue weighted by Crippen LogP contribution is 2.16. The van der Waals surface area contributed by atoms with E-state index < -0.39 is 0 Å². The normalized spacial score (nSPS) is 29.4. The zero-order valence-corrected chi connectivity index (χ0v) is 9.08. The number of nitrogens with zero attached hydrogens (tertiary/aromatic N) is 1. The zero-order chi connectivity index (χ0) is 10.4. The Morgan fingerprint density at radius 2 is 2.14 bits per heavy atom. The Hall–Kier alpha value is -0.150. The van der Waals surface area contributed by atoms with E-state index in [2.05, 4.69) is 11.8 Å². The van der Waals surface area contributed by atoms with Gasteiger partial charge in [-0.15, -0.1) is 0 Å². The largest absolute Gasteiger partial charge is 0.393 e. The Labute approximate surface area is 86.1 Å². The molecule has 2 nitrogen and oxygen atoms in total. The third kappa shape index (κ3) is 3.93. The SMILES string of the molecule is C[C@@H]1CN(CCCCCF)CC[C@@H]1O.